The lowest BCUT2D eigenvalue weighted by Gasteiger charge is -2.31. The molecule has 0 aliphatic heterocycles. The first-order valence-electron chi connectivity index (χ1n) is 6.56. The van der Waals surface area contributed by atoms with E-state index in [0.29, 0.717) is 6.04 Å². The third kappa shape index (κ3) is 4.02. The van der Waals surface area contributed by atoms with Crippen molar-refractivity contribution >= 4 is 5.71 Å². The second-order valence-corrected chi connectivity index (χ2v) is 5.46. The largest absolute Gasteiger partial charge is 0.310 e. The van der Waals surface area contributed by atoms with E-state index in [9.17, 15) is 8.78 Å². The standard InChI is InChI=1S/C13H24F2N2/c1-8(2)12(9(3)11(16)13(14)15)17-10-6-4-5-7-10/h8-10,12-13,16-17H,4-7H2,1-3H3. The summed E-state index contributed by atoms with van der Waals surface area (Å²) in [4.78, 5) is 0. The summed E-state index contributed by atoms with van der Waals surface area (Å²) >= 11 is 0. The summed E-state index contributed by atoms with van der Waals surface area (Å²) in [5, 5.41) is 10.9. The van der Waals surface area contributed by atoms with Crippen molar-refractivity contribution in [3.8, 4) is 0 Å². The molecule has 1 rings (SSSR count). The molecule has 1 saturated carbocycles. The van der Waals surface area contributed by atoms with Gasteiger partial charge in [0.2, 0.25) is 0 Å². The van der Waals surface area contributed by atoms with Crippen molar-refractivity contribution in [3.63, 3.8) is 0 Å². The van der Waals surface area contributed by atoms with Crippen LogP contribution >= 0.6 is 0 Å². The Bertz CT molecular complexity index is 248. The zero-order valence-electron chi connectivity index (χ0n) is 11.0. The fourth-order valence-electron chi connectivity index (χ4n) is 2.67. The van der Waals surface area contributed by atoms with E-state index in [1.54, 1.807) is 6.92 Å². The van der Waals surface area contributed by atoms with E-state index in [-0.39, 0.29) is 12.0 Å². The third-order valence-corrected chi connectivity index (χ3v) is 3.77. The van der Waals surface area contributed by atoms with Crippen LogP contribution in [0.3, 0.4) is 0 Å². The highest BCUT2D eigenvalue weighted by Crippen LogP contribution is 2.23. The fraction of sp³-hybridized carbons (Fsp3) is 0.923. The molecule has 2 unspecified atom stereocenters. The Kier molecular flexibility index (Phi) is 5.50. The van der Waals surface area contributed by atoms with Gasteiger partial charge in [0.1, 0.15) is 0 Å². The zero-order valence-corrected chi connectivity index (χ0v) is 11.0. The molecule has 0 saturated heterocycles. The van der Waals surface area contributed by atoms with Gasteiger partial charge in [0.25, 0.3) is 6.43 Å². The van der Waals surface area contributed by atoms with Crippen molar-refractivity contribution in [1.29, 1.82) is 5.41 Å². The van der Waals surface area contributed by atoms with Crippen LogP contribution in [0.2, 0.25) is 0 Å². The van der Waals surface area contributed by atoms with Crippen molar-refractivity contribution in [2.75, 3.05) is 0 Å². The lowest BCUT2D eigenvalue weighted by Crippen LogP contribution is -2.47. The molecule has 0 bridgehead atoms. The molecule has 2 atom stereocenters. The number of hydrogen-bond donors (Lipinski definition) is 2. The van der Waals surface area contributed by atoms with Crippen LogP contribution in [0.4, 0.5) is 8.78 Å². The molecule has 0 heterocycles. The lowest BCUT2D eigenvalue weighted by atomic mass is 9.87. The van der Waals surface area contributed by atoms with E-state index in [2.05, 4.69) is 5.32 Å². The summed E-state index contributed by atoms with van der Waals surface area (Å²) in [6, 6.07) is 0.440. The van der Waals surface area contributed by atoms with Gasteiger partial charge >= 0.3 is 0 Å². The van der Waals surface area contributed by atoms with Gasteiger partial charge in [0, 0.05) is 18.0 Å². The van der Waals surface area contributed by atoms with Crippen molar-refractivity contribution in [2.45, 2.75) is 65.0 Å². The molecule has 0 radical (unpaired) electrons. The Morgan fingerprint density at radius 3 is 2.12 bits per heavy atom. The normalized spacial score (nSPS) is 21.1. The molecule has 2 nitrogen and oxygen atoms in total. The van der Waals surface area contributed by atoms with Gasteiger partial charge in [0.05, 0.1) is 5.71 Å². The second-order valence-electron chi connectivity index (χ2n) is 5.46. The maximum Gasteiger partial charge on any atom is 0.276 e. The number of alkyl halides is 2. The van der Waals surface area contributed by atoms with Crippen LogP contribution in [0.5, 0.6) is 0 Å². The molecule has 1 aliphatic carbocycles. The van der Waals surface area contributed by atoms with Crippen molar-refractivity contribution < 1.29 is 8.78 Å². The summed E-state index contributed by atoms with van der Waals surface area (Å²) in [6.45, 7) is 5.80. The van der Waals surface area contributed by atoms with Gasteiger partial charge in [-0.3, -0.25) is 0 Å². The van der Waals surface area contributed by atoms with Gasteiger partial charge in [-0.1, -0.05) is 33.6 Å². The Morgan fingerprint density at radius 1 is 1.18 bits per heavy atom. The predicted octanol–water partition coefficient (Wildman–Crippen LogP) is 3.46. The predicted molar refractivity (Wildman–Crippen MR) is 66.9 cm³/mol. The highest BCUT2D eigenvalue weighted by atomic mass is 19.3. The van der Waals surface area contributed by atoms with Crippen LogP contribution in [0.25, 0.3) is 0 Å². The SMILES string of the molecule is CC(C)C(NC1CCCC1)C(C)C(=N)C(F)F. The van der Waals surface area contributed by atoms with E-state index < -0.39 is 18.1 Å². The van der Waals surface area contributed by atoms with E-state index in [1.165, 1.54) is 12.8 Å². The summed E-state index contributed by atoms with van der Waals surface area (Å²) < 4.78 is 25.1. The first-order chi connectivity index (χ1) is 7.93. The van der Waals surface area contributed by atoms with Crippen LogP contribution in [-0.2, 0) is 0 Å². The number of halogens is 2. The quantitative estimate of drug-likeness (QED) is 0.692. The summed E-state index contributed by atoms with van der Waals surface area (Å²) in [7, 11) is 0. The van der Waals surface area contributed by atoms with E-state index in [0.717, 1.165) is 12.8 Å². The number of rotatable bonds is 6. The van der Waals surface area contributed by atoms with Crippen LogP contribution in [-0.4, -0.2) is 24.2 Å². The average Bonchev–Trinajstić information content (AvgIpc) is 2.76. The number of hydrogen-bond acceptors (Lipinski definition) is 2. The minimum Gasteiger partial charge on any atom is -0.310 e. The highest BCUT2D eigenvalue weighted by molar-refractivity contribution is 5.87. The maximum absolute atomic E-state index is 12.6. The summed E-state index contributed by atoms with van der Waals surface area (Å²) in [6.07, 6.45) is 2.10. The molecule has 0 aromatic rings. The van der Waals surface area contributed by atoms with Gasteiger partial charge < -0.3 is 10.7 Å². The van der Waals surface area contributed by atoms with Gasteiger partial charge in [-0.25, -0.2) is 8.78 Å². The van der Waals surface area contributed by atoms with Crippen LogP contribution in [0.1, 0.15) is 46.5 Å². The molecule has 2 N–H and O–H groups in total. The Morgan fingerprint density at radius 2 is 1.71 bits per heavy atom. The molecule has 0 spiro atoms. The second kappa shape index (κ2) is 6.43. The molecule has 4 heteroatoms. The van der Waals surface area contributed by atoms with Crippen LogP contribution in [0, 0.1) is 17.2 Å². The van der Waals surface area contributed by atoms with E-state index >= 15 is 0 Å². The van der Waals surface area contributed by atoms with Gasteiger partial charge in [-0.2, -0.15) is 0 Å². The molecular weight excluding hydrogens is 222 g/mol. The maximum atomic E-state index is 12.6. The van der Waals surface area contributed by atoms with Gasteiger partial charge in [0.15, 0.2) is 0 Å². The Hall–Kier alpha value is -0.510. The van der Waals surface area contributed by atoms with E-state index in [4.69, 9.17) is 5.41 Å². The third-order valence-electron chi connectivity index (χ3n) is 3.77. The van der Waals surface area contributed by atoms with Crippen molar-refractivity contribution in [2.24, 2.45) is 11.8 Å². The van der Waals surface area contributed by atoms with Gasteiger partial charge in [-0.05, 0) is 18.8 Å². The monoisotopic (exact) mass is 246 g/mol. The molecule has 0 aromatic carbocycles. The fourth-order valence-corrected chi connectivity index (χ4v) is 2.67. The van der Waals surface area contributed by atoms with Crippen LogP contribution < -0.4 is 5.32 Å². The summed E-state index contributed by atoms with van der Waals surface area (Å²) in [5.41, 5.74) is -0.436. The first kappa shape index (κ1) is 14.6. The molecule has 0 amide bonds. The molecule has 100 valence electrons. The minimum absolute atomic E-state index is 0.0143. The topological polar surface area (TPSA) is 35.9 Å². The highest BCUT2D eigenvalue weighted by Gasteiger charge is 2.30. The van der Waals surface area contributed by atoms with Crippen molar-refractivity contribution in [3.05, 3.63) is 0 Å². The van der Waals surface area contributed by atoms with E-state index in [1.807, 2.05) is 13.8 Å². The molecule has 17 heavy (non-hydrogen) atoms. The number of nitrogens with one attached hydrogen (secondary N) is 2. The lowest BCUT2D eigenvalue weighted by molar-refractivity contribution is 0.207. The first-order valence-corrected chi connectivity index (χ1v) is 6.56. The Balaban J connectivity index is 2.60. The Labute approximate surface area is 103 Å². The summed E-state index contributed by atoms with van der Waals surface area (Å²) in [5.74, 6) is -0.125. The minimum atomic E-state index is -2.63. The molecule has 1 aliphatic rings. The van der Waals surface area contributed by atoms with Gasteiger partial charge in [-0.15, -0.1) is 0 Å². The van der Waals surface area contributed by atoms with Crippen LogP contribution in [0.15, 0.2) is 0 Å². The zero-order chi connectivity index (χ0) is 13.0. The average molecular weight is 246 g/mol. The molecule has 1 fully saturated rings. The molecular formula is C13H24F2N2. The van der Waals surface area contributed by atoms with Crippen molar-refractivity contribution in [1.82, 2.24) is 5.32 Å². The smallest absolute Gasteiger partial charge is 0.276 e. The molecule has 0 aromatic heterocycles.